The molecule has 1 unspecified atom stereocenters. The van der Waals surface area contributed by atoms with Gasteiger partial charge in [-0.25, -0.2) is 8.42 Å². The molecule has 0 bridgehead atoms. The Morgan fingerprint density at radius 3 is 2.77 bits per heavy atom. The van der Waals surface area contributed by atoms with Gasteiger partial charge in [-0.05, 0) is 43.0 Å². The number of pyridine rings is 1. The highest BCUT2D eigenvalue weighted by molar-refractivity contribution is 7.99. The zero-order chi connectivity index (χ0) is 20.9. The molecule has 1 aliphatic carbocycles. The fraction of sp³-hybridized carbons (Fsp3) is 0.450. The van der Waals surface area contributed by atoms with Gasteiger partial charge in [0.2, 0.25) is 0 Å². The van der Waals surface area contributed by atoms with E-state index in [0.717, 1.165) is 35.3 Å². The van der Waals surface area contributed by atoms with Gasteiger partial charge in [0.15, 0.2) is 15.0 Å². The van der Waals surface area contributed by atoms with Crippen molar-refractivity contribution in [1.82, 2.24) is 19.7 Å². The lowest BCUT2D eigenvalue weighted by molar-refractivity contribution is 0.552. The van der Waals surface area contributed by atoms with Crippen LogP contribution in [0, 0.1) is 5.92 Å². The highest BCUT2D eigenvalue weighted by Gasteiger charge is 2.30. The van der Waals surface area contributed by atoms with Crippen LogP contribution in [0.4, 0.5) is 5.69 Å². The fourth-order valence-electron chi connectivity index (χ4n) is 3.89. The van der Waals surface area contributed by atoms with Gasteiger partial charge in [0.05, 0.1) is 22.7 Å². The normalized spacial score (nSPS) is 20.6. The third-order valence-corrected chi connectivity index (χ3v) is 8.69. The van der Waals surface area contributed by atoms with Gasteiger partial charge in [-0.15, -0.1) is 10.2 Å². The van der Waals surface area contributed by atoms with Crippen LogP contribution in [0.5, 0.6) is 0 Å². The minimum absolute atomic E-state index is 0.0758. The SMILES string of the molecule is Cn1c(CC2CCS(=O)(=O)C2)nnc1Sc1c(NC2CC2)c2ccccc2[nH]c1=O. The first kappa shape index (κ1) is 19.6. The summed E-state index contributed by atoms with van der Waals surface area (Å²) in [6.45, 7) is 0. The number of hydrogen-bond donors (Lipinski definition) is 2. The van der Waals surface area contributed by atoms with E-state index in [2.05, 4.69) is 20.5 Å². The van der Waals surface area contributed by atoms with Gasteiger partial charge in [-0.3, -0.25) is 4.79 Å². The lowest BCUT2D eigenvalue weighted by Crippen LogP contribution is -2.15. The number of H-pyrrole nitrogens is 1. The van der Waals surface area contributed by atoms with Crippen LogP contribution in [-0.4, -0.2) is 45.7 Å². The van der Waals surface area contributed by atoms with Gasteiger partial charge in [0.1, 0.15) is 10.7 Å². The Bertz CT molecular complexity index is 1280. The molecule has 3 aromatic rings. The highest BCUT2D eigenvalue weighted by Crippen LogP contribution is 2.37. The summed E-state index contributed by atoms with van der Waals surface area (Å²) in [6, 6.07) is 8.17. The summed E-state index contributed by atoms with van der Waals surface area (Å²) < 4.78 is 25.4. The molecule has 8 nitrogen and oxygen atoms in total. The Balaban J connectivity index is 1.47. The van der Waals surface area contributed by atoms with E-state index in [0.29, 0.717) is 28.9 Å². The van der Waals surface area contributed by atoms with Crippen LogP contribution < -0.4 is 10.9 Å². The predicted molar refractivity (Wildman–Crippen MR) is 117 cm³/mol. The van der Waals surface area contributed by atoms with Crippen LogP contribution in [0.3, 0.4) is 0 Å². The predicted octanol–water partition coefficient (Wildman–Crippen LogP) is 2.36. The molecule has 0 radical (unpaired) electrons. The summed E-state index contributed by atoms with van der Waals surface area (Å²) in [4.78, 5) is 16.4. The largest absolute Gasteiger partial charge is 0.381 e. The first-order valence-corrected chi connectivity index (χ1v) is 12.7. The number of benzene rings is 1. The molecule has 1 aromatic carbocycles. The number of nitrogens with one attached hydrogen (secondary N) is 2. The molecule has 1 saturated carbocycles. The van der Waals surface area contributed by atoms with Gasteiger partial charge in [0.25, 0.3) is 5.56 Å². The molecule has 1 aliphatic heterocycles. The topological polar surface area (TPSA) is 110 Å². The maximum Gasteiger partial charge on any atom is 0.264 e. The molecule has 0 amide bonds. The van der Waals surface area contributed by atoms with Gasteiger partial charge in [0, 0.05) is 24.9 Å². The molecular weight excluding hydrogens is 422 g/mol. The van der Waals surface area contributed by atoms with Crippen molar-refractivity contribution in [2.75, 3.05) is 16.8 Å². The molecule has 30 heavy (non-hydrogen) atoms. The van der Waals surface area contributed by atoms with E-state index in [1.165, 1.54) is 11.8 Å². The van der Waals surface area contributed by atoms with E-state index >= 15 is 0 Å². The number of nitrogens with zero attached hydrogens (tertiary/aromatic N) is 3. The van der Waals surface area contributed by atoms with Crippen molar-refractivity contribution in [3.05, 3.63) is 40.4 Å². The van der Waals surface area contributed by atoms with E-state index in [-0.39, 0.29) is 23.0 Å². The third-order valence-electron chi connectivity index (χ3n) is 5.72. The highest BCUT2D eigenvalue weighted by atomic mass is 32.2. The average Bonchev–Trinajstić information content (AvgIpc) is 3.38. The summed E-state index contributed by atoms with van der Waals surface area (Å²) in [6.07, 6.45) is 3.44. The second-order valence-corrected chi connectivity index (χ2v) is 11.4. The van der Waals surface area contributed by atoms with E-state index in [9.17, 15) is 13.2 Å². The Kier molecular flexibility index (Phi) is 4.85. The summed E-state index contributed by atoms with van der Waals surface area (Å²) in [5, 5.41) is 13.7. The number of sulfone groups is 1. The fourth-order valence-corrected chi connectivity index (χ4v) is 6.67. The average molecular weight is 446 g/mol. The van der Waals surface area contributed by atoms with E-state index in [1.807, 2.05) is 35.9 Å². The number of aromatic amines is 1. The van der Waals surface area contributed by atoms with E-state index in [1.54, 1.807) is 0 Å². The summed E-state index contributed by atoms with van der Waals surface area (Å²) >= 11 is 1.30. The minimum atomic E-state index is -2.92. The molecule has 1 atom stereocenters. The van der Waals surface area contributed by atoms with Crippen LogP contribution in [0.25, 0.3) is 10.9 Å². The molecule has 1 saturated heterocycles. The van der Waals surface area contributed by atoms with Crippen molar-refractivity contribution in [2.45, 2.75) is 41.8 Å². The first-order valence-electron chi connectivity index (χ1n) is 10.1. The Labute approximate surface area is 178 Å². The molecule has 5 rings (SSSR count). The zero-order valence-corrected chi connectivity index (χ0v) is 18.2. The van der Waals surface area contributed by atoms with Crippen LogP contribution in [0.15, 0.2) is 39.1 Å². The summed E-state index contributed by atoms with van der Waals surface area (Å²) in [7, 11) is -1.06. The van der Waals surface area contributed by atoms with Crippen LogP contribution in [0.2, 0.25) is 0 Å². The van der Waals surface area contributed by atoms with Crippen molar-refractivity contribution >= 4 is 38.2 Å². The lowest BCUT2D eigenvalue weighted by atomic mass is 10.1. The van der Waals surface area contributed by atoms with E-state index in [4.69, 9.17) is 0 Å². The smallest absolute Gasteiger partial charge is 0.264 e. The number of fused-ring (bicyclic) bond motifs is 1. The number of hydrogen-bond acceptors (Lipinski definition) is 7. The molecular formula is C20H23N5O3S2. The van der Waals surface area contributed by atoms with Gasteiger partial charge >= 0.3 is 0 Å². The number of aromatic nitrogens is 4. The Morgan fingerprint density at radius 2 is 2.03 bits per heavy atom. The van der Waals surface area contributed by atoms with Crippen molar-refractivity contribution in [3.8, 4) is 0 Å². The molecule has 158 valence electrons. The summed E-state index contributed by atoms with van der Waals surface area (Å²) in [5.41, 5.74) is 1.48. The Morgan fingerprint density at radius 1 is 1.23 bits per heavy atom. The standard InChI is InChI=1S/C20H23N5O3S2/c1-25-16(10-12-8-9-30(27,28)11-12)23-24-20(25)29-18-17(21-13-6-7-13)14-4-2-3-5-15(14)22-19(18)26/h2-5,12-13H,6-11H2,1H3,(H2,21,22,26). The van der Waals surface area contributed by atoms with Crippen molar-refractivity contribution in [1.29, 1.82) is 0 Å². The van der Waals surface area contributed by atoms with Crippen molar-refractivity contribution in [2.24, 2.45) is 13.0 Å². The molecule has 3 heterocycles. The van der Waals surface area contributed by atoms with Crippen molar-refractivity contribution in [3.63, 3.8) is 0 Å². The molecule has 2 N–H and O–H groups in total. The third kappa shape index (κ3) is 3.85. The maximum atomic E-state index is 12.9. The van der Waals surface area contributed by atoms with Crippen molar-refractivity contribution < 1.29 is 8.42 Å². The van der Waals surface area contributed by atoms with Crippen LogP contribution in [0.1, 0.15) is 25.1 Å². The molecule has 0 spiro atoms. The minimum Gasteiger partial charge on any atom is -0.381 e. The zero-order valence-electron chi connectivity index (χ0n) is 16.6. The summed E-state index contributed by atoms with van der Waals surface area (Å²) in [5.74, 6) is 1.28. The van der Waals surface area contributed by atoms with Gasteiger partial charge < -0.3 is 14.9 Å². The lowest BCUT2D eigenvalue weighted by Gasteiger charge is -2.13. The van der Waals surface area contributed by atoms with Gasteiger partial charge in [-0.1, -0.05) is 18.2 Å². The van der Waals surface area contributed by atoms with Gasteiger partial charge in [-0.2, -0.15) is 0 Å². The van der Waals surface area contributed by atoms with Crippen LogP contribution in [-0.2, 0) is 23.3 Å². The second kappa shape index (κ2) is 7.42. The number of rotatable bonds is 6. The quantitative estimate of drug-likeness (QED) is 0.599. The molecule has 2 fully saturated rings. The van der Waals surface area contributed by atoms with Crippen LogP contribution >= 0.6 is 11.8 Å². The maximum absolute atomic E-state index is 12.9. The molecule has 2 aromatic heterocycles. The van der Waals surface area contributed by atoms with E-state index < -0.39 is 9.84 Å². The first-order chi connectivity index (χ1) is 14.4. The number of anilines is 1. The molecule has 2 aliphatic rings. The Hall–Kier alpha value is -2.33. The number of para-hydroxylation sites is 1. The monoisotopic (exact) mass is 445 g/mol. The molecule has 10 heteroatoms. The second-order valence-electron chi connectivity index (χ2n) is 8.16.